The van der Waals surface area contributed by atoms with Crippen LogP contribution in [0.3, 0.4) is 0 Å². The summed E-state index contributed by atoms with van der Waals surface area (Å²) in [6.07, 6.45) is 2.81. The Morgan fingerprint density at radius 1 is 1.33 bits per heavy atom. The topological polar surface area (TPSA) is 69.6 Å². The maximum Gasteiger partial charge on any atom is 0.260 e. The molecule has 0 aliphatic carbocycles. The van der Waals surface area contributed by atoms with E-state index in [1.165, 1.54) is 7.05 Å². The van der Waals surface area contributed by atoms with E-state index in [-0.39, 0.29) is 24.3 Å². The fraction of sp³-hybridized carbons (Fsp3) is 0.500. The highest BCUT2D eigenvalue weighted by molar-refractivity contribution is 6.09. The number of aliphatic hydroxyl groups excluding tert-OH is 1. The van der Waals surface area contributed by atoms with E-state index in [1.54, 1.807) is 12.1 Å². The molecule has 112 valence electrons. The predicted octanol–water partition coefficient (Wildman–Crippen LogP) is 1.02. The van der Waals surface area contributed by atoms with Crippen molar-refractivity contribution in [2.75, 3.05) is 13.6 Å². The quantitative estimate of drug-likeness (QED) is 0.797. The van der Waals surface area contributed by atoms with Gasteiger partial charge in [0.2, 0.25) is 5.91 Å². The van der Waals surface area contributed by atoms with E-state index in [4.69, 9.17) is 0 Å². The van der Waals surface area contributed by atoms with Gasteiger partial charge in [-0.15, -0.1) is 0 Å². The number of carbonyl (C=O) groups is 2. The zero-order valence-corrected chi connectivity index (χ0v) is 12.1. The summed E-state index contributed by atoms with van der Waals surface area (Å²) in [6, 6.07) is 5.39. The third kappa shape index (κ3) is 2.59. The fourth-order valence-corrected chi connectivity index (χ4v) is 3.09. The van der Waals surface area contributed by atoms with Gasteiger partial charge >= 0.3 is 0 Å². The van der Waals surface area contributed by atoms with Gasteiger partial charge in [0.1, 0.15) is 0 Å². The minimum absolute atomic E-state index is 0.0369. The molecule has 0 spiro atoms. The average Bonchev–Trinajstić information content (AvgIpc) is 2.53. The highest BCUT2D eigenvalue weighted by atomic mass is 16.3. The lowest BCUT2D eigenvalue weighted by atomic mass is 9.90. The number of aliphatic hydroxyl groups is 1. The Hall–Kier alpha value is -1.72. The standard InChI is InChI=1S/C16H20N2O3/c1-18-14(19)9-10-5-6-11(8-12(10)16(18)21)15(20)13-4-2-3-7-17-13/h5-6,8,13,15,17,20H,2-4,7,9H2,1H3. The maximum atomic E-state index is 12.2. The minimum atomic E-state index is -0.619. The lowest BCUT2D eigenvalue weighted by Gasteiger charge is -2.29. The molecule has 1 aromatic carbocycles. The molecule has 0 bridgehead atoms. The minimum Gasteiger partial charge on any atom is -0.387 e. The van der Waals surface area contributed by atoms with Crippen molar-refractivity contribution in [2.24, 2.45) is 0 Å². The van der Waals surface area contributed by atoms with E-state index >= 15 is 0 Å². The molecule has 0 aromatic heterocycles. The first kappa shape index (κ1) is 14.2. The number of imide groups is 1. The third-order valence-electron chi connectivity index (χ3n) is 4.46. The summed E-state index contributed by atoms with van der Waals surface area (Å²) in [7, 11) is 1.50. The molecule has 5 nitrogen and oxygen atoms in total. The van der Waals surface area contributed by atoms with Crippen LogP contribution in [0.1, 0.15) is 46.9 Å². The number of benzene rings is 1. The van der Waals surface area contributed by atoms with E-state index < -0.39 is 6.10 Å². The average molecular weight is 288 g/mol. The van der Waals surface area contributed by atoms with Gasteiger partial charge in [-0.2, -0.15) is 0 Å². The fourth-order valence-electron chi connectivity index (χ4n) is 3.09. The molecular formula is C16H20N2O3. The molecule has 5 heteroatoms. The van der Waals surface area contributed by atoms with Crippen LogP contribution in [0.15, 0.2) is 18.2 Å². The summed E-state index contributed by atoms with van der Waals surface area (Å²) in [5.74, 6) is -0.471. The molecule has 2 aliphatic rings. The monoisotopic (exact) mass is 288 g/mol. The molecule has 0 saturated carbocycles. The van der Waals surface area contributed by atoms with Crippen molar-refractivity contribution in [2.45, 2.75) is 37.8 Å². The Morgan fingerprint density at radius 2 is 2.14 bits per heavy atom. The number of likely N-dealkylation sites (N-methyl/N-ethyl adjacent to an activating group) is 1. The van der Waals surface area contributed by atoms with E-state index in [0.717, 1.165) is 41.8 Å². The first-order valence-corrected chi connectivity index (χ1v) is 7.43. The van der Waals surface area contributed by atoms with Crippen LogP contribution in [0.25, 0.3) is 0 Å². The van der Waals surface area contributed by atoms with E-state index in [1.807, 2.05) is 6.07 Å². The highest BCUT2D eigenvalue weighted by Gasteiger charge is 2.30. The predicted molar refractivity (Wildman–Crippen MR) is 77.8 cm³/mol. The lowest BCUT2D eigenvalue weighted by molar-refractivity contribution is -0.127. The van der Waals surface area contributed by atoms with E-state index in [0.29, 0.717) is 5.56 Å². The Balaban J connectivity index is 1.88. The van der Waals surface area contributed by atoms with Crippen LogP contribution in [0.5, 0.6) is 0 Å². The number of hydrogen-bond acceptors (Lipinski definition) is 4. The normalized spacial score (nSPS) is 23.9. The Bertz CT molecular complexity index is 579. The van der Waals surface area contributed by atoms with Crippen molar-refractivity contribution in [3.05, 3.63) is 34.9 Å². The molecule has 2 aliphatic heterocycles. The summed E-state index contributed by atoms with van der Waals surface area (Å²) in [6.45, 7) is 0.919. The third-order valence-corrected chi connectivity index (χ3v) is 4.46. The maximum absolute atomic E-state index is 12.2. The Morgan fingerprint density at radius 3 is 2.86 bits per heavy atom. The van der Waals surface area contributed by atoms with Gasteiger partial charge in [0, 0.05) is 18.7 Å². The summed E-state index contributed by atoms with van der Waals surface area (Å²) < 4.78 is 0. The number of nitrogens with zero attached hydrogens (tertiary/aromatic N) is 1. The van der Waals surface area contributed by atoms with E-state index in [2.05, 4.69) is 5.32 Å². The molecule has 3 rings (SSSR count). The van der Waals surface area contributed by atoms with Gasteiger partial charge in [-0.25, -0.2) is 0 Å². The van der Waals surface area contributed by atoms with Gasteiger partial charge in [-0.3, -0.25) is 14.5 Å². The lowest BCUT2D eigenvalue weighted by Crippen LogP contribution is -2.40. The van der Waals surface area contributed by atoms with Gasteiger partial charge in [-0.1, -0.05) is 18.6 Å². The zero-order valence-electron chi connectivity index (χ0n) is 12.1. The highest BCUT2D eigenvalue weighted by Crippen LogP contribution is 2.27. The molecule has 2 atom stereocenters. The summed E-state index contributed by atoms with van der Waals surface area (Å²) in [5.41, 5.74) is 2.02. The van der Waals surface area contributed by atoms with Gasteiger partial charge < -0.3 is 10.4 Å². The molecule has 1 aromatic rings. The Kier molecular flexibility index (Phi) is 3.78. The van der Waals surface area contributed by atoms with Crippen molar-refractivity contribution < 1.29 is 14.7 Å². The summed E-state index contributed by atoms with van der Waals surface area (Å²) >= 11 is 0. The second kappa shape index (κ2) is 5.58. The molecule has 2 heterocycles. The second-order valence-corrected chi connectivity index (χ2v) is 5.85. The molecule has 1 fully saturated rings. The molecule has 21 heavy (non-hydrogen) atoms. The Labute approximate surface area is 123 Å². The second-order valence-electron chi connectivity index (χ2n) is 5.85. The van der Waals surface area contributed by atoms with Crippen molar-refractivity contribution >= 4 is 11.8 Å². The number of rotatable bonds is 2. The van der Waals surface area contributed by atoms with Crippen molar-refractivity contribution in [3.8, 4) is 0 Å². The largest absolute Gasteiger partial charge is 0.387 e. The van der Waals surface area contributed by atoms with Crippen LogP contribution < -0.4 is 5.32 Å². The van der Waals surface area contributed by atoms with Crippen molar-refractivity contribution in [1.82, 2.24) is 10.2 Å². The molecular weight excluding hydrogens is 268 g/mol. The number of hydrogen-bond donors (Lipinski definition) is 2. The van der Waals surface area contributed by atoms with Crippen LogP contribution in [0, 0.1) is 0 Å². The first-order valence-electron chi connectivity index (χ1n) is 7.43. The number of piperidine rings is 1. The summed E-state index contributed by atoms with van der Waals surface area (Å²) in [5, 5.41) is 13.8. The van der Waals surface area contributed by atoms with Crippen molar-refractivity contribution in [3.63, 3.8) is 0 Å². The molecule has 2 N–H and O–H groups in total. The SMILES string of the molecule is CN1C(=O)Cc2ccc(C(O)C3CCCCN3)cc2C1=O. The molecule has 2 unspecified atom stereocenters. The van der Waals surface area contributed by atoms with Crippen LogP contribution in [0.4, 0.5) is 0 Å². The first-order chi connectivity index (χ1) is 10.1. The van der Waals surface area contributed by atoms with Gasteiger partial charge in [0.25, 0.3) is 5.91 Å². The number of carbonyl (C=O) groups excluding carboxylic acids is 2. The summed E-state index contributed by atoms with van der Waals surface area (Å²) in [4.78, 5) is 25.0. The number of fused-ring (bicyclic) bond motifs is 1. The van der Waals surface area contributed by atoms with Gasteiger partial charge in [0.05, 0.1) is 12.5 Å². The molecule has 1 saturated heterocycles. The van der Waals surface area contributed by atoms with E-state index in [9.17, 15) is 14.7 Å². The smallest absolute Gasteiger partial charge is 0.260 e. The number of nitrogens with one attached hydrogen (secondary N) is 1. The van der Waals surface area contributed by atoms with Crippen molar-refractivity contribution in [1.29, 1.82) is 0 Å². The molecule has 2 amide bonds. The number of amides is 2. The van der Waals surface area contributed by atoms with Crippen LogP contribution in [-0.2, 0) is 11.2 Å². The van der Waals surface area contributed by atoms with Crippen LogP contribution in [0.2, 0.25) is 0 Å². The molecule has 0 radical (unpaired) electrons. The zero-order chi connectivity index (χ0) is 15.0. The van der Waals surface area contributed by atoms with Crippen LogP contribution >= 0.6 is 0 Å². The van der Waals surface area contributed by atoms with Gasteiger partial charge in [-0.05, 0) is 36.6 Å². The van der Waals surface area contributed by atoms with Crippen LogP contribution in [-0.4, -0.2) is 41.5 Å². The van der Waals surface area contributed by atoms with Gasteiger partial charge in [0.15, 0.2) is 0 Å².